The molecule has 0 fully saturated rings. The highest BCUT2D eigenvalue weighted by molar-refractivity contribution is 6.14. The van der Waals surface area contributed by atoms with E-state index in [9.17, 15) is 2.74 Å². The molecule has 0 aliphatic heterocycles. The first-order chi connectivity index (χ1) is 40.6. The summed E-state index contributed by atoms with van der Waals surface area (Å²) in [7, 11) is 0. The van der Waals surface area contributed by atoms with Crippen LogP contribution in [-0.2, 0) is 0 Å². The Morgan fingerprint density at radius 2 is 0.855 bits per heavy atom. The summed E-state index contributed by atoms with van der Waals surface area (Å²) in [4.78, 5) is 15.7. The van der Waals surface area contributed by atoms with Crippen molar-refractivity contribution < 1.29 is 18.4 Å². The molecule has 0 spiro atoms. The number of hydrogen-bond acceptors (Lipinski definition) is 5. The molecular formula is C69H41N5O2. The number of fused-ring (bicyclic) bond motifs is 12. The molecule has 16 rings (SSSR count). The normalized spacial score (nSPS) is 13.2. The number of aromatic nitrogens is 5. The molecule has 16 aromatic rings. The van der Waals surface area contributed by atoms with Crippen LogP contribution in [0.15, 0.2) is 257 Å². The van der Waals surface area contributed by atoms with Gasteiger partial charge in [-0.3, -0.25) is 0 Å². The third-order valence-corrected chi connectivity index (χ3v) is 14.7. The van der Waals surface area contributed by atoms with Crippen LogP contribution in [0.25, 0.3) is 155 Å². The summed E-state index contributed by atoms with van der Waals surface area (Å²) in [5.41, 5.74) is 12.4. The molecule has 0 unspecified atom stereocenters. The zero-order valence-electron chi connectivity index (χ0n) is 47.2. The van der Waals surface area contributed by atoms with E-state index in [1.54, 1.807) is 16.7 Å². The van der Waals surface area contributed by atoms with E-state index < -0.39 is 12.1 Å². The smallest absolute Gasteiger partial charge is 0.166 e. The third-order valence-electron chi connectivity index (χ3n) is 14.7. The van der Waals surface area contributed by atoms with Crippen molar-refractivity contribution in [2.75, 3.05) is 0 Å². The van der Waals surface area contributed by atoms with Crippen LogP contribution in [0, 0.1) is 0 Å². The van der Waals surface area contributed by atoms with Crippen molar-refractivity contribution in [2.24, 2.45) is 0 Å². The molecular weight excluding hydrogens is 931 g/mol. The van der Waals surface area contributed by atoms with E-state index in [4.69, 9.17) is 30.6 Å². The van der Waals surface area contributed by atoms with Gasteiger partial charge in [0.25, 0.3) is 0 Å². The third kappa shape index (κ3) is 6.46. The summed E-state index contributed by atoms with van der Waals surface area (Å²) in [6.45, 7) is 0. The van der Waals surface area contributed by atoms with Gasteiger partial charge in [0.05, 0.1) is 37.3 Å². The number of nitrogens with zero attached hydrogens (tertiary/aromatic N) is 5. The molecule has 0 amide bonds. The molecule has 7 heteroatoms. The molecule has 11 aromatic carbocycles. The summed E-state index contributed by atoms with van der Waals surface area (Å²) in [5.74, 6) is 0.966. The van der Waals surface area contributed by atoms with E-state index in [1.165, 1.54) is 6.07 Å². The van der Waals surface area contributed by atoms with Crippen molar-refractivity contribution in [3.63, 3.8) is 0 Å². The van der Waals surface area contributed by atoms with Gasteiger partial charge in [0.2, 0.25) is 0 Å². The fourth-order valence-corrected chi connectivity index (χ4v) is 11.3. The number of furan rings is 2. The molecule has 0 radical (unpaired) electrons. The Balaban J connectivity index is 0.874. The van der Waals surface area contributed by atoms with Crippen molar-refractivity contribution in [2.45, 2.75) is 0 Å². The van der Waals surface area contributed by atoms with Gasteiger partial charge in [-0.25, -0.2) is 15.0 Å². The van der Waals surface area contributed by atoms with Crippen LogP contribution < -0.4 is 0 Å². The molecule has 0 N–H and O–H groups in total. The van der Waals surface area contributed by atoms with Gasteiger partial charge in [-0.05, 0) is 96.0 Å². The van der Waals surface area contributed by atoms with Crippen molar-refractivity contribution in [1.82, 2.24) is 24.1 Å². The van der Waals surface area contributed by atoms with E-state index >= 15 is 0 Å². The largest absolute Gasteiger partial charge is 0.455 e. The molecule has 0 aliphatic rings. The second-order valence-electron chi connectivity index (χ2n) is 18.9. The molecule has 5 aromatic heterocycles. The molecule has 0 bridgehead atoms. The van der Waals surface area contributed by atoms with E-state index in [1.807, 2.05) is 97.1 Å². The van der Waals surface area contributed by atoms with Gasteiger partial charge in [-0.15, -0.1) is 0 Å². The average Bonchev–Trinajstić information content (AvgIpc) is 3.09. The molecule has 76 heavy (non-hydrogen) atoms. The molecule has 0 aliphatic carbocycles. The van der Waals surface area contributed by atoms with Crippen LogP contribution >= 0.6 is 0 Å². The van der Waals surface area contributed by atoms with Crippen LogP contribution in [0.3, 0.4) is 0 Å². The van der Waals surface area contributed by atoms with Crippen molar-refractivity contribution in [3.8, 4) is 67.8 Å². The average molecular weight is 979 g/mol. The SMILES string of the molecule is [2H]c1cc([2H])c2c(c1[2H])c1c([2H])c([2H])c([2H])c([2H])c1n2-c1ccccc1-c1nc(-c2ccc(-n3c4ccccc4c4ccccc43)cc2)nc(-c2cccc(-c3cccc4c3oc3ccc(-c5cccc6c5oc5ccccc56)cc34)c2)n1. The predicted octanol–water partition coefficient (Wildman–Crippen LogP) is 18.2. The lowest BCUT2D eigenvalue weighted by atomic mass is 9.98. The number of hydrogen-bond donors (Lipinski definition) is 0. The minimum Gasteiger partial charge on any atom is -0.455 e. The van der Waals surface area contributed by atoms with Crippen molar-refractivity contribution in [3.05, 3.63) is 249 Å². The first kappa shape index (κ1) is 35.7. The lowest BCUT2D eigenvalue weighted by Gasteiger charge is -2.15. The second kappa shape index (κ2) is 16.6. The summed E-state index contributed by atoms with van der Waals surface area (Å²) in [6, 6.07) is 65.9. The summed E-state index contributed by atoms with van der Waals surface area (Å²) in [6.07, 6.45) is 0. The Kier molecular flexibility index (Phi) is 7.79. The molecule has 5 heterocycles. The van der Waals surface area contributed by atoms with Gasteiger partial charge in [-0.1, -0.05) is 164 Å². The second-order valence-corrected chi connectivity index (χ2v) is 18.9. The summed E-state index contributed by atoms with van der Waals surface area (Å²) in [5, 5.41) is 6.47. The Morgan fingerprint density at radius 1 is 0.316 bits per heavy atom. The monoisotopic (exact) mass is 978 g/mol. The summed E-state index contributed by atoms with van der Waals surface area (Å²) >= 11 is 0. The highest BCUT2D eigenvalue weighted by Gasteiger charge is 2.22. The van der Waals surface area contributed by atoms with Gasteiger partial charge in [0.15, 0.2) is 17.5 Å². The van der Waals surface area contributed by atoms with Crippen LogP contribution in [-0.4, -0.2) is 24.1 Å². The Labute approximate surface area is 444 Å². The van der Waals surface area contributed by atoms with E-state index in [0.717, 1.165) is 93.6 Å². The Hall–Kier alpha value is -10.4. The maximum absolute atomic E-state index is 9.30. The minimum atomic E-state index is -0.479. The van der Waals surface area contributed by atoms with Gasteiger partial charge in [-0.2, -0.15) is 0 Å². The highest BCUT2D eigenvalue weighted by atomic mass is 16.3. The topological polar surface area (TPSA) is 74.8 Å². The Morgan fingerprint density at radius 3 is 1.63 bits per heavy atom. The highest BCUT2D eigenvalue weighted by Crippen LogP contribution is 2.42. The van der Waals surface area contributed by atoms with Crippen molar-refractivity contribution >= 4 is 87.5 Å². The lowest BCUT2D eigenvalue weighted by Crippen LogP contribution is -2.04. The first-order valence-corrected chi connectivity index (χ1v) is 25.0. The standard InChI is InChI=1S/C69H41N5O2/c1-7-28-58-49(18-1)50-19-2-8-29-59(50)73(58)46-37-34-42(35-38-46)67-70-68(72-69(71-67)56-23-5-11-32-62(56)74-60-30-9-3-20-51(60)52-21-4-10-31-61(52)74)45-17-13-16-43(40-45)47-24-15-27-55-57-41-44(36-39-64(57)76-66(47)55)48-25-14-26-54-53-22-6-12-33-63(53)75-65(48)54/h1-41H/i3D,4D,9D,20D,21D,30D,31D. The number of rotatable bonds is 7. The number of benzene rings is 11. The fourth-order valence-electron chi connectivity index (χ4n) is 11.3. The van der Waals surface area contributed by atoms with Crippen LogP contribution in [0.2, 0.25) is 0 Å². The lowest BCUT2D eigenvalue weighted by molar-refractivity contribution is 0.669. The molecule has 0 atom stereocenters. The molecule has 354 valence electrons. The predicted molar refractivity (Wildman–Crippen MR) is 310 cm³/mol. The Bertz CT molecular complexity index is 5400. The van der Waals surface area contributed by atoms with E-state index in [2.05, 4.69) is 95.6 Å². The van der Waals surface area contributed by atoms with Gasteiger partial charge < -0.3 is 18.0 Å². The first-order valence-electron chi connectivity index (χ1n) is 28.5. The number of para-hydroxylation sites is 8. The zero-order chi connectivity index (χ0) is 55.9. The summed E-state index contributed by atoms with van der Waals surface area (Å²) < 4.78 is 79.9. The van der Waals surface area contributed by atoms with E-state index in [-0.39, 0.29) is 57.8 Å². The maximum Gasteiger partial charge on any atom is 0.166 e. The molecule has 0 saturated carbocycles. The van der Waals surface area contributed by atoms with Gasteiger partial charge >= 0.3 is 0 Å². The van der Waals surface area contributed by atoms with Crippen LogP contribution in [0.5, 0.6) is 0 Å². The zero-order valence-corrected chi connectivity index (χ0v) is 40.2. The minimum absolute atomic E-state index is 0.0470. The fraction of sp³-hybridized carbons (Fsp3) is 0. The quantitative estimate of drug-likeness (QED) is 0.159. The van der Waals surface area contributed by atoms with Crippen LogP contribution in [0.1, 0.15) is 9.60 Å². The molecule has 7 nitrogen and oxygen atoms in total. The molecule has 0 saturated heterocycles. The van der Waals surface area contributed by atoms with Gasteiger partial charge in [0.1, 0.15) is 22.3 Å². The van der Waals surface area contributed by atoms with Gasteiger partial charge in [0, 0.05) is 76.6 Å². The van der Waals surface area contributed by atoms with Crippen molar-refractivity contribution in [1.29, 1.82) is 0 Å². The van der Waals surface area contributed by atoms with E-state index in [0.29, 0.717) is 34.0 Å². The van der Waals surface area contributed by atoms with Crippen LogP contribution in [0.4, 0.5) is 0 Å². The maximum atomic E-state index is 9.30.